The maximum absolute atomic E-state index is 13.5. The van der Waals surface area contributed by atoms with E-state index in [2.05, 4.69) is 24.5 Å². The Morgan fingerprint density at radius 1 is 1.13 bits per heavy atom. The molecule has 0 aromatic heterocycles. The summed E-state index contributed by atoms with van der Waals surface area (Å²) < 4.78 is 51.9. The molecule has 166 valence electrons. The number of aryl methyl sites for hydroxylation is 1. The first-order chi connectivity index (χ1) is 14.2. The zero-order valence-electron chi connectivity index (χ0n) is 17.6. The Balaban J connectivity index is 0.00000198. The average molecular weight is 426 g/mol. The first-order valence-electron chi connectivity index (χ1n) is 9.18. The lowest BCUT2D eigenvalue weighted by molar-refractivity contribution is -0.137. The molecule has 7 heteroatoms. The molecule has 2 aromatic carbocycles. The van der Waals surface area contributed by atoms with Crippen molar-refractivity contribution in [3.05, 3.63) is 95.5 Å². The third-order valence-electron chi connectivity index (χ3n) is 3.97. The molecule has 0 aliphatic carbocycles. The van der Waals surface area contributed by atoms with Gasteiger partial charge in [-0.3, -0.25) is 0 Å². The molecule has 1 atom stereocenters. The lowest BCUT2D eigenvalue weighted by Gasteiger charge is -2.14. The molecule has 0 bridgehead atoms. The summed E-state index contributed by atoms with van der Waals surface area (Å²) in [7, 11) is 2.76. The summed E-state index contributed by atoms with van der Waals surface area (Å²) in [5.74, 6) is -0.917. The Labute approximate surface area is 175 Å². The van der Waals surface area contributed by atoms with Crippen LogP contribution < -0.4 is 11.1 Å². The van der Waals surface area contributed by atoms with Gasteiger partial charge in [-0.1, -0.05) is 29.8 Å². The predicted molar refractivity (Wildman–Crippen MR) is 115 cm³/mol. The van der Waals surface area contributed by atoms with E-state index in [-0.39, 0.29) is 12.0 Å². The second-order valence-electron chi connectivity index (χ2n) is 6.32. The average Bonchev–Trinajstić information content (AvgIpc) is 2.69. The first kappa shape index (κ1) is 27.4. The van der Waals surface area contributed by atoms with Gasteiger partial charge in [-0.05, 0) is 48.7 Å². The van der Waals surface area contributed by atoms with E-state index in [1.165, 1.54) is 0 Å². The van der Waals surface area contributed by atoms with Crippen LogP contribution in [0, 0.1) is 12.7 Å². The van der Waals surface area contributed by atoms with Crippen molar-refractivity contribution in [2.75, 3.05) is 14.2 Å². The number of benzene rings is 2. The highest BCUT2D eigenvalue weighted by Gasteiger charge is 2.31. The highest BCUT2D eigenvalue weighted by molar-refractivity contribution is 5.29. The third kappa shape index (κ3) is 9.71. The molecular weight excluding hydrogens is 396 g/mol. The second-order valence-corrected chi connectivity index (χ2v) is 6.32. The highest BCUT2D eigenvalue weighted by Crippen LogP contribution is 2.30. The van der Waals surface area contributed by atoms with E-state index in [1.54, 1.807) is 13.1 Å². The van der Waals surface area contributed by atoms with Crippen LogP contribution in [0.25, 0.3) is 0 Å². The second kappa shape index (κ2) is 13.6. The lowest BCUT2D eigenvalue weighted by Crippen LogP contribution is -2.23. The zero-order valence-corrected chi connectivity index (χ0v) is 17.6. The number of likely N-dealkylation sites (N-methyl/N-ethyl adjacent to an activating group) is 1. The van der Waals surface area contributed by atoms with Gasteiger partial charge in [0.05, 0.1) is 5.56 Å². The van der Waals surface area contributed by atoms with Crippen LogP contribution in [0.2, 0.25) is 0 Å². The normalized spacial score (nSPS) is 12.1. The number of aliphatic hydroxyl groups excluding tert-OH is 1. The molecule has 0 heterocycles. The molecule has 3 nitrogen and oxygen atoms in total. The fraction of sp³-hybridized carbons (Fsp3) is 0.304. The monoisotopic (exact) mass is 426 g/mol. The van der Waals surface area contributed by atoms with E-state index in [0.29, 0.717) is 12.5 Å². The number of aliphatic hydroxyl groups is 1. The molecule has 30 heavy (non-hydrogen) atoms. The molecule has 0 spiro atoms. The number of allylic oxidation sites excluding steroid dienone is 1. The van der Waals surface area contributed by atoms with Crippen molar-refractivity contribution in [2.45, 2.75) is 32.0 Å². The minimum Gasteiger partial charge on any atom is -0.400 e. The van der Waals surface area contributed by atoms with E-state index < -0.39 is 23.6 Å². The SMILES string of the molecule is C=C.CN/C(=C\C(N)Cc1cc(F)cc(C(F)(F)F)c1)Cc1cccc(C)c1.CO. The van der Waals surface area contributed by atoms with E-state index >= 15 is 0 Å². The van der Waals surface area contributed by atoms with Crippen LogP contribution in [-0.2, 0) is 19.0 Å². The predicted octanol–water partition coefficient (Wildman–Crippen LogP) is 4.78. The smallest absolute Gasteiger partial charge is 0.400 e. The van der Waals surface area contributed by atoms with Gasteiger partial charge in [0, 0.05) is 32.3 Å². The lowest BCUT2D eigenvalue weighted by atomic mass is 10.0. The Bertz CT molecular complexity index is 804. The quantitative estimate of drug-likeness (QED) is 0.460. The van der Waals surface area contributed by atoms with E-state index in [9.17, 15) is 17.6 Å². The van der Waals surface area contributed by atoms with Gasteiger partial charge >= 0.3 is 6.18 Å². The zero-order chi connectivity index (χ0) is 23.3. The summed E-state index contributed by atoms with van der Waals surface area (Å²) in [6, 6.07) is 9.99. The van der Waals surface area contributed by atoms with Gasteiger partial charge < -0.3 is 16.2 Å². The molecule has 0 saturated heterocycles. The van der Waals surface area contributed by atoms with Crippen molar-refractivity contribution in [1.82, 2.24) is 5.32 Å². The molecule has 2 rings (SSSR count). The summed E-state index contributed by atoms with van der Waals surface area (Å²) in [6.07, 6.45) is -2.08. The van der Waals surface area contributed by atoms with Gasteiger partial charge in [0.2, 0.25) is 0 Å². The van der Waals surface area contributed by atoms with Gasteiger partial charge in [0.1, 0.15) is 5.82 Å². The summed E-state index contributed by atoms with van der Waals surface area (Å²) in [4.78, 5) is 0. The van der Waals surface area contributed by atoms with Crippen molar-refractivity contribution < 1.29 is 22.7 Å². The number of halogens is 4. The molecular formula is C23H30F4N2O. The van der Waals surface area contributed by atoms with Crippen molar-refractivity contribution >= 4 is 0 Å². The number of hydrogen-bond acceptors (Lipinski definition) is 3. The maximum Gasteiger partial charge on any atom is 0.416 e. The van der Waals surface area contributed by atoms with Crippen molar-refractivity contribution in [3.63, 3.8) is 0 Å². The van der Waals surface area contributed by atoms with Crippen LogP contribution in [0.3, 0.4) is 0 Å². The minimum atomic E-state index is -4.59. The van der Waals surface area contributed by atoms with Crippen LogP contribution in [-0.4, -0.2) is 25.3 Å². The van der Waals surface area contributed by atoms with Crippen LogP contribution >= 0.6 is 0 Å². The number of alkyl halides is 3. The fourth-order valence-electron chi connectivity index (χ4n) is 2.79. The number of rotatable bonds is 6. The van der Waals surface area contributed by atoms with Crippen molar-refractivity contribution in [3.8, 4) is 0 Å². The van der Waals surface area contributed by atoms with Crippen molar-refractivity contribution in [1.29, 1.82) is 0 Å². The Hall–Kier alpha value is -2.64. The van der Waals surface area contributed by atoms with Crippen LogP contribution in [0.4, 0.5) is 17.6 Å². The Kier molecular flexibility index (Phi) is 12.4. The first-order valence-corrected chi connectivity index (χ1v) is 9.18. The number of nitrogens with two attached hydrogens (primary N) is 1. The van der Waals surface area contributed by atoms with Crippen LogP contribution in [0.15, 0.2) is 67.4 Å². The fourth-order valence-corrected chi connectivity index (χ4v) is 2.79. The molecule has 2 aromatic rings. The van der Waals surface area contributed by atoms with Crippen LogP contribution in [0.1, 0.15) is 22.3 Å². The summed E-state index contributed by atoms with van der Waals surface area (Å²) in [5, 5.41) is 10.1. The number of nitrogens with one attached hydrogen (secondary N) is 1. The van der Waals surface area contributed by atoms with Crippen LogP contribution in [0.5, 0.6) is 0 Å². The number of hydrogen-bond donors (Lipinski definition) is 3. The van der Waals surface area contributed by atoms with E-state index in [0.717, 1.165) is 36.1 Å². The Morgan fingerprint density at radius 3 is 2.30 bits per heavy atom. The van der Waals surface area contributed by atoms with E-state index in [1.807, 2.05) is 25.1 Å². The largest absolute Gasteiger partial charge is 0.416 e. The summed E-state index contributed by atoms with van der Waals surface area (Å²) >= 11 is 0. The summed E-state index contributed by atoms with van der Waals surface area (Å²) in [5.41, 5.74) is 8.36. The molecule has 0 amide bonds. The summed E-state index contributed by atoms with van der Waals surface area (Å²) in [6.45, 7) is 8.00. The van der Waals surface area contributed by atoms with Crippen molar-refractivity contribution in [2.24, 2.45) is 5.73 Å². The maximum atomic E-state index is 13.5. The molecule has 1 unspecified atom stereocenters. The van der Waals surface area contributed by atoms with Gasteiger partial charge in [0.25, 0.3) is 0 Å². The van der Waals surface area contributed by atoms with Gasteiger partial charge in [0.15, 0.2) is 0 Å². The van der Waals surface area contributed by atoms with Gasteiger partial charge in [-0.2, -0.15) is 13.2 Å². The molecule has 0 aliphatic heterocycles. The van der Waals surface area contributed by atoms with Gasteiger partial charge in [-0.25, -0.2) is 4.39 Å². The molecule has 0 saturated carbocycles. The minimum absolute atomic E-state index is 0.111. The molecule has 0 radical (unpaired) electrons. The molecule has 0 aliphatic rings. The Morgan fingerprint density at radius 2 is 1.77 bits per heavy atom. The van der Waals surface area contributed by atoms with Gasteiger partial charge in [-0.15, -0.1) is 13.2 Å². The standard InChI is InChI=1S/C20H22F4N2.C2H4.CH4O/c1-13-4-3-5-14(6-13)10-19(26-2)12-18(25)9-15-7-16(20(22,23)24)11-17(21)8-15;2*1-2/h3-8,11-12,18,26H,9-10,25H2,1-2H3;1-2H2;2H,1H3/b19-12-;;. The van der Waals surface area contributed by atoms with E-state index in [4.69, 9.17) is 10.8 Å². The molecule has 0 fully saturated rings. The topological polar surface area (TPSA) is 58.3 Å². The third-order valence-corrected chi connectivity index (χ3v) is 3.97. The highest BCUT2D eigenvalue weighted by atomic mass is 19.4. The molecule has 4 N–H and O–H groups in total.